The lowest BCUT2D eigenvalue weighted by Gasteiger charge is -2.17. The maximum absolute atomic E-state index is 13.2. The molecule has 130 valence electrons. The van der Waals surface area contributed by atoms with Crippen LogP contribution in [0.2, 0.25) is 0 Å². The minimum absolute atomic E-state index is 0.0295. The molecule has 0 bridgehead atoms. The van der Waals surface area contributed by atoms with Crippen molar-refractivity contribution < 1.29 is 13.9 Å². The molecule has 0 saturated carbocycles. The Morgan fingerprint density at radius 2 is 2.08 bits per heavy atom. The molecule has 0 aliphatic rings. The number of likely N-dealkylation sites (N-methyl/N-ethyl adjacent to an activating group) is 1. The minimum Gasteiger partial charge on any atom is -0.364 e. The summed E-state index contributed by atoms with van der Waals surface area (Å²) in [5.41, 5.74) is 2.41. The number of imidazole rings is 1. The molecule has 2 aromatic heterocycles. The maximum Gasteiger partial charge on any atom is 0.248 e. The van der Waals surface area contributed by atoms with Crippen LogP contribution in [0.15, 0.2) is 42.7 Å². The first-order valence-electron chi connectivity index (χ1n) is 7.96. The average molecular weight is 342 g/mol. The molecule has 0 aliphatic heterocycles. The molecular formula is C18H19FN4O2. The highest BCUT2D eigenvalue weighted by Crippen LogP contribution is 2.13. The number of halogens is 1. The van der Waals surface area contributed by atoms with Gasteiger partial charge in [-0.2, -0.15) is 0 Å². The summed E-state index contributed by atoms with van der Waals surface area (Å²) >= 11 is 0. The van der Waals surface area contributed by atoms with Crippen molar-refractivity contribution in [2.45, 2.75) is 13.0 Å². The molecule has 0 spiro atoms. The van der Waals surface area contributed by atoms with E-state index >= 15 is 0 Å². The van der Waals surface area contributed by atoms with Gasteiger partial charge in [-0.05, 0) is 42.3 Å². The number of carbonyl (C=O) groups is 1. The maximum atomic E-state index is 13.2. The number of aromatic amines is 1. The Bertz CT molecular complexity index is 851. The van der Waals surface area contributed by atoms with Gasteiger partial charge in [0.2, 0.25) is 5.91 Å². The van der Waals surface area contributed by atoms with Crippen molar-refractivity contribution in [3.8, 4) is 0 Å². The number of hydrogen-bond acceptors (Lipinski definition) is 4. The molecule has 3 rings (SSSR count). The summed E-state index contributed by atoms with van der Waals surface area (Å²) < 4.78 is 18.6. The number of hydrogen-bond donors (Lipinski definition) is 1. The number of aromatic nitrogens is 3. The van der Waals surface area contributed by atoms with Gasteiger partial charge in [-0.1, -0.05) is 0 Å². The number of carbonyl (C=O) groups excluding carboxylic acids is 1. The highest BCUT2D eigenvalue weighted by atomic mass is 19.1. The quantitative estimate of drug-likeness (QED) is 0.715. The van der Waals surface area contributed by atoms with Gasteiger partial charge in [0.1, 0.15) is 24.9 Å². The van der Waals surface area contributed by atoms with E-state index in [-0.39, 0.29) is 24.9 Å². The molecule has 0 unspecified atom stereocenters. The van der Waals surface area contributed by atoms with Crippen molar-refractivity contribution in [3.05, 3.63) is 59.9 Å². The summed E-state index contributed by atoms with van der Waals surface area (Å²) in [7, 11) is 1.75. The Labute approximate surface area is 144 Å². The minimum atomic E-state index is -0.324. The number of rotatable bonds is 7. The van der Waals surface area contributed by atoms with Crippen LogP contribution < -0.4 is 0 Å². The molecule has 2 heterocycles. The number of fused-ring (bicyclic) bond motifs is 1. The van der Waals surface area contributed by atoms with Gasteiger partial charge in [0.25, 0.3) is 0 Å². The van der Waals surface area contributed by atoms with E-state index in [1.807, 2.05) is 12.1 Å². The number of amides is 1. The van der Waals surface area contributed by atoms with Gasteiger partial charge in [0, 0.05) is 26.0 Å². The molecule has 0 saturated heterocycles. The van der Waals surface area contributed by atoms with Crippen molar-refractivity contribution in [2.75, 3.05) is 20.2 Å². The fourth-order valence-electron chi connectivity index (χ4n) is 2.42. The van der Waals surface area contributed by atoms with Gasteiger partial charge in [-0.3, -0.25) is 9.78 Å². The van der Waals surface area contributed by atoms with E-state index < -0.39 is 0 Å². The van der Waals surface area contributed by atoms with Crippen LogP contribution >= 0.6 is 0 Å². The Kier molecular flexibility index (Phi) is 5.35. The zero-order valence-corrected chi connectivity index (χ0v) is 13.9. The highest BCUT2D eigenvalue weighted by Gasteiger charge is 2.10. The summed E-state index contributed by atoms with van der Waals surface area (Å²) in [5.74, 6) is 0.138. The highest BCUT2D eigenvalue weighted by molar-refractivity contribution is 5.77. The van der Waals surface area contributed by atoms with Crippen molar-refractivity contribution in [2.24, 2.45) is 0 Å². The molecule has 6 nitrogen and oxygen atoms in total. The molecule has 1 amide bonds. The molecule has 1 aromatic carbocycles. The fourth-order valence-corrected chi connectivity index (χ4v) is 2.42. The van der Waals surface area contributed by atoms with Crippen LogP contribution in [-0.2, 0) is 22.6 Å². The van der Waals surface area contributed by atoms with Crippen LogP contribution in [0.4, 0.5) is 4.39 Å². The summed E-state index contributed by atoms with van der Waals surface area (Å²) in [6.07, 6.45) is 4.23. The summed E-state index contributed by atoms with van der Waals surface area (Å²) in [6, 6.07) is 8.19. The number of benzene rings is 1. The van der Waals surface area contributed by atoms with E-state index in [0.717, 1.165) is 12.0 Å². The molecule has 0 atom stereocenters. The lowest BCUT2D eigenvalue weighted by Crippen LogP contribution is -2.32. The number of nitrogens with zero attached hydrogens (tertiary/aromatic N) is 3. The second-order valence-corrected chi connectivity index (χ2v) is 5.76. The monoisotopic (exact) mass is 342 g/mol. The topological polar surface area (TPSA) is 71.1 Å². The van der Waals surface area contributed by atoms with E-state index in [1.165, 1.54) is 12.1 Å². The summed E-state index contributed by atoms with van der Waals surface area (Å²) in [4.78, 5) is 25.0. The third-order valence-corrected chi connectivity index (χ3v) is 3.87. The molecule has 25 heavy (non-hydrogen) atoms. The molecule has 0 radical (unpaired) electrons. The van der Waals surface area contributed by atoms with Crippen LogP contribution in [0.25, 0.3) is 11.0 Å². The number of pyridine rings is 1. The van der Waals surface area contributed by atoms with Crippen LogP contribution in [0.3, 0.4) is 0 Å². The van der Waals surface area contributed by atoms with E-state index in [9.17, 15) is 9.18 Å². The van der Waals surface area contributed by atoms with Crippen molar-refractivity contribution in [1.82, 2.24) is 19.9 Å². The average Bonchev–Trinajstić information content (AvgIpc) is 3.02. The zero-order valence-electron chi connectivity index (χ0n) is 13.9. The number of H-pyrrole nitrogens is 1. The predicted molar refractivity (Wildman–Crippen MR) is 91.3 cm³/mol. The Hall–Kier alpha value is -2.80. The molecule has 1 N–H and O–H groups in total. The van der Waals surface area contributed by atoms with Gasteiger partial charge < -0.3 is 14.6 Å². The van der Waals surface area contributed by atoms with Crippen molar-refractivity contribution >= 4 is 16.9 Å². The second kappa shape index (κ2) is 7.85. The first-order chi connectivity index (χ1) is 12.1. The van der Waals surface area contributed by atoms with E-state index in [4.69, 9.17) is 4.74 Å². The molecule has 3 aromatic rings. The van der Waals surface area contributed by atoms with Crippen LogP contribution in [0.5, 0.6) is 0 Å². The van der Waals surface area contributed by atoms with Crippen molar-refractivity contribution in [1.29, 1.82) is 0 Å². The van der Waals surface area contributed by atoms with Crippen molar-refractivity contribution in [3.63, 3.8) is 0 Å². The van der Waals surface area contributed by atoms with Crippen LogP contribution in [0.1, 0.15) is 11.4 Å². The standard InChI is InChI=1S/C18H19FN4O2/c1-23(9-6-13-4-7-20-8-5-13)18(24)12-25-11-17-21-15-3-2-14(19)10-16(15)22-17/h2-5,7-8,10H,6,9,11-12H2,1H3,(H,21,22). The van der Waals surface area contributed by atoms with Gasteiger partial charge in [-0.25, -0.2) is 9.37 Å². The predicted octanol–water partition coefficient (Wildman–Crippen LogP) is 2.31. The van der Waals surface area contributed by atoms with Gasteiger partial charge >= 0.3 is 0 Å². The smallest absolute Gasteiger partial charge is 0.248 e. The van der Waals surface area contributed by atoms with Crippen LogP contribution in [0, 0.1) is 5.82 Å². The zero-order chi connectivity index (χ0) is 17.6. The van der Waals surface area contributed by atoms with Gasteiger partial charge in [0.15, 0.2) is 0 Å². The summed E-state index contributed by atoms with van der Waals surface area (Å²) in [6.45, 7) is 0.745. The number of ether oxygens (including phenoxy) is 1. The lowest BCUT2D eigenvalue weighted by atomic mass is 10.2. The summed E-state index contributed by atoms with van der Waals surface area (Å²) in [5, 5.41) is 0. The third kappa shape index (κ3) is 4.60. The van der Waals surface area contributed by atoms with Gasteiger partial charge in [-0.15, -0.1) is 0 Å². The number of nitrogens with one attached hydrogen (secondary N) is 1. The van der Waals surface area contributed by atoms with Gasteiger partial charge in [0.05, 0.1) is 11.0 Å². The molecule has 0 fully saturated rings. The molecule has 0 aliphatic carbocycles. The fraction of sp³-hybridized carbons (Fsp3) is 0.278. The Morgan fingerprint density at radius 1 is 1.28 bits per heavy atom. The first-order valence-corrected chi connectivity index (χ1v) is 7.96. The third-order valence-electron chi connectivity index (χ3n) is 3.87. The second-order valence-electron chi connectivity index (χ2n) is 5.76. The lowest BCUT2D eigenvalue weighted by molar-refractivity contribution is -0.135. The van der Waals surface area contributed by atoms with E-state index in [0.29, 0.717) is 23.4 Å². The normalized spacial score (nSPS) is 11.0. The van der Waals surface area contributed by atoms with Crippen LogP contribution in [-0.4, -0.2) is 46.0 Å². The largest absolute Gasteiger partial charge is 0.364 e. The Morgan fingerprint density at radius 3 is 2.88 bits per heavy atom. The molecular weight excluding hydrogens is 323 g/mol. The first kappa shape index (κ1) is 17.0. The van der Waals surface area contributed by atoms with E-state index in [1.54, 1.807) is 30.4 Å². The van der Waals surface area contributed by atoms with E-state index in [2.05, 4.69) is 15.0 Å². The SMILES string of the molecule is CN(CCc1ccncc1)C(=O)COCc1nc2ccc(F)cc2[nH]1. The molecule has 7 heteroatoms. The Balaban J connectivity index is 1.44.